The topological polar surface area (TPSA) is 59.6 Å². The van der Waals surface area contributed by atoms with Crippen LogP contribution in [0.1, 0.15) is 5.56 Å². The van der Waals surface area contributed by atoms with Crippen LogP contribution in [0.3, 0.4) is 0 Å². The normalized spacial score (nSPS) is 10.3. The quantitative estimate of drug-likeness (QED) is 0.756. The number of halogens is 2. The number of carbonyl (C=O) groups excluding carboxylic acids is 1. The van der Waals surface area contributed by atoms with Crippen molar-refractivity contribution in [2.24, 2.45) is 0 Å². The molecule has 24 heavy (non-hydrogen) atoms. The molecule has 2 aromatic carbocycles. The van der Waals surface area contributed by atoms with Crippen LogP contribution in [0.5, 0.6) is 11.5 Å². The first-order valence-electron chi connectivity index (χ1n) is 7.33. The molecular formula is C17H18F2N2O3. The Morgan fingerprint density at radius 2 is 1.96 bits per heavy atom. The van der Waals surface area contributed by atoms with E-state index in [1.54, 1.807) is 6.07 Å². The number of benzene rings is 2. The molecule has 0 aliphatic carbocycles. The van der Waals surface area contributed by atoms with Crippen LogP contribution in [0.4, 0.5) is 19.3 Å². The van der Waals surface area contributed by atoms with Crippen molar-refractivity contribution in [1.29, 1.82) is 0 Å². The Hall–Kier alpha value is -2.83. The molecule has 0 aromatic heterocycles. The second-order valence-corrected chi connectivity index (χ2v) is 4.92. The molecule has 0 heterocycles. The van der Waals surface area contributed by atoms with Crippen LogP contribution < -0.4 is 20.1 Å². The average molecular weight is 336 g/mol. The van der Waals surface area contributed by atoms with Crippen LogP contribution in [0.2, 0.25) is 0 Å². The van der Waals surface area contributed by atoms with E-state index in [-0.39, 0.29) is 24.6 Å². The monoisotopic (exact) mass is 336 g/mol. The summed E-state index contributed by atoms with van der Waals surface area (Å²) in [7, 11) is 0. The van der Waals surface area contributed by atoms with Crippen LogP contribution in [-0.4, -0.2) is 25.8 Å². The molecule has 0 atom stereocenters. The first-order chi connectivity index (χ1) is 11.5. The van der Waals surface area contributed by atoms with E-state index in [4.69, 9.17) is 4.74 Å². The van der Waals surface area contributed by atoms with E-state index in [2.05, 4.69) is 15.4 Å². The summed E-state index contributed by atoms with van der Waals surface area (Å²) in [6, 6.07) is 13.0. The van der Waals surface area contributed by atoms with E-state index < -0.39 is 12.6 Å². The summed E-state index contributed by atoms with van der Waals surface area (Å²) in [5.41, 5.74) is 1.24. The molecule has 2 amide bonds. The van der Waals surface area contributed by atoms with Gasteiger partial charge in [0.15, 0.2) is 0 Å². The third kappa shape index (κ3) is 5.75. The Balaban J connectivity index is 1.77. The molecule has 0 unspecified atom stereocenters. The van der Waals surface area contributed by atoms with Crippen LogP contribution in [-0.2, 0) is 0 Å². The van der Waals surface area contributed by atoms with Crippen molar-refractivity contribution < 1.29 is 23.0 Å². The summed E-state index contributed by atoms with van der Waals surface area (Å²) in [4.78, 5) is 11.8. The summed E-state index contributed by atoms with van der Waals surface area (Å²) < 4.78 is 34.5. The molecule has 7 heteroatoms. The summed E-state index contributed by atoms with van der Waals surface area (Å²) >= 11 is 0. The minimum absolute atomic E-state index is 0.0985. The number of para-hydroxylation sites is 2. The van der Waals surface area contributed by atoms with Gasteiger partial charge < -0.3 is 20.1 Å². The molecule has 0 bridgehead atoms. The number of alkyl halides is 2. The minimum Gasteiger partial charge on any atom is -0.492 e. The highest BCUT2D eigenvalue weighted by Crippen LogP contribution is 2.25. The Bertz CT molecular complexity index is 680. The van der Waals surface area contributed by atoms with E-state index in [0.717, 1.165) is 5.56 Å². The smallest absolute Gasteiger partial charge is 0.387 e. The molecule has 0 saturated carbocycles. The van der Waals surface area contributed by atoms with Gasteiger partial charge in [-0.3, -0.25) is 0 Å². The average Bonchev–Trinajstić information content (AvgIpc) is 2.53. The third-order valence-electron chi connectivity index (χ3n) is 3.00. The summed E-state index contributed by atoms with van der Waals surface area (Å²) in [5.74, 6) is 0.617. The molecular weight excluding hydrogens is 318 g/mol. The first kappa shape index (κ1) is 17.5. The van der Waals surface area contributed by atoms with Gasteiger partial charge in [-0.2, -0.15) is 8.78 Å². The lowest BCUT2D eigenvalue weighted by Crippen LogP contribution is -2.32. The predicted molar refractivity (Wildman–Crippen MR) is 86.8 cm³/mol. The Morgan fingerprint density at radius 1 is 1.17 bits per heavy atom. The molecule has 5 nitrogen and oxygen atoms in total. The maximum Gasteiger partial charge on any atom is 0.387 e. The summed E-state index contributed by atoms with van der Waals surface area (Å²) in [5, 5.41) is 5.04. The van der Waals surface area contributed by atoms with Gasteiger partial charge in [0.2, 0.25) is 0 Å². The van der Waals surface area contributed by atoms with Gasteiger partial charge in [0.25, 0.3) is 0 Å². The highest BCUT2D eigenvalue weighted by molar-refractivity contribution is 5.90. The lowest BCUT2D eigenvalue weighted by Gasteiger charge is -2.12. The molecule has 0 saturated heterocycles. The Labute approximate surface area is 138 Å². The highest BCUT2D eigenvalue weighted by Gasteiger charge is 2.11. The lowest BCUT2D eigenvalue weighted by molar-refractivity contribution is -0.0493. The Morgan fingerprint density at radius 3 is 2.71 bits per heavy atom. The van der Waals surface area contributed by atoms with Crippen LogP contribution in [0.15, 0.2) is 48.5 Å². The third-order valence-corrected chi connectivity index (χ3v) is 3.00. The molecule has 128 valence electrons. The number of nitrogens with one attached hydrogen (secondary N) is 2. The van der Waals surface area contributed by atoms with Crippen molar-refractivity contribution in [3.8, 4) is 11.5 Å². The first-order valence-corrected chi connectivity index (χ1v) is 7.33. The van der Waals surface area contributed by atoms with Crippen LogP contribution >= 0.6 is 0 Å². The second kappa shape index (κ2) is 8.71. The zero-order chi connectivity index (χ0) is 17.4. The van der Waals surface area contributed by atoms with E-state index in [0.29, 0.717) is 5.75 Å². The van der Waals surface area contributed by atoms with Gasteiger partial charge in [0.1, 0.15) is 18.1 Å². The fourth-order valence-corrected chi connectivity index (χ4v) is 1.97. The van der Waals surface area contributed by atoms with Gasteiger partial charge in [-0.05, 0) is 36.8 Å². The number of carbonyl (C=O) groups is 1. The van der Waals surface area contributed by atoms with Crippen molar-refractivity contribution in [3.63, 3.8) is 0 Å². The van der Waals surface area contributed by atoms with E-state index in [1.807, 2.05) is 31.2 Å². The number of aryl methyl sites for hydroxylation is 1. The summed E-state index contributed by atoms with van der Waals surface area (Å²) in [6.07, 6.45) is 0. The van der Waals surface area contributed by atoms with Gasteiger partial charge in [-0.25, -0.2) is 4.79 Å². The molecule has 2 N–H and O–H groups in total. The van der Waals surface area contributed by atoms with Crippen molar-refractivity contribution in [2.45, 2.75) is 13.5 Å². The number of anilines is 1. The maximum atomic E-state index is 12.3. The number of ether oxygens (including phenoxy) is 2. The van der Waals surface area contributed by atoms with E-state index in [9.17, 15) is 13.6 Å². The van der Waals surface area contributed by atoms with Crippen molar-refractivity contribution >= 4 is 11.7 Å². The molecule has 0 aliphatic rings. The van der Waals surface area contributed by atoms with Gasteiger partial charge >= 0.3 is 12.6 Å². The molecule has 0 aliphatic heterocycles. The number of amides is 2. The molecule has 0 spiro atoms. The maximum absolute atomic E-state index is 12.3. The van der Waals surface area contributed by atoms with E-state index >= 15 is 0 Å². The van der Waals surface area contributed by atoms with Gasteiger partial charge in [-0.1, -0.05) is 24.3 Å². The fraction of sp³-hybridized carbons (Fsp3) is 0.235. The molecule has 0 radical (unpaired) electrons. The van der Waals surface area contributed by atoms with Crippen LogP contribution in [0, 0.1) is 6.92 Å². The van der Waals surface area contributed by atoms with Crippen molar-refractivity contribution in [3.05, 3.63) is 54.1 Å². The molecule has 2 aromatic rings. The number of hydrogen-bond acceptors (Lipinski definition) is 3. The van der Waals surface area contributed by atoms with Crippen LogP contribution in [0.25, 0.3) is 0 Å². The zero-order valence-corrected chi connectivity index (χ0v) is 13.1. The van der Waals surface area contributed by atoms with Crippen molar-refractivity contribution in [1.82, 2.24) is 5.32 Å². The van der Waals surface area contributed by atoms with Gasteiger partial charge in [-0.15, -0.1) is 0 Å². The number of rotatable bonds is 7. The molecule has 0 fully saturated rings. The SMILES string of the molecule is Cc1cccc(OCCNC(=O)Nc2ccccc2OC(F)F)c1. The van der Waals surface area contributed by atoms with Gasteiger partial charge in [0.05, 0.1) is 12.2 Å². The second-order valence-electron chi connectivity index (χ2n) is 4.92. The lowest BCUT2D eigenvalue weighted by atomic mass is 10.2. The number of hydrogen-bond donors (Lipinski definition) is 2. The summed E-state index contributed by atoms with van der Waals surface area (Å²) in [6.45, 7) is -0.458. The minimum atomic E-state index is -2.96. The zero-order valence-electron chi connectivity index (χ0n) is 13.1. The van der Waals surface area contributed by atoms with E-state index in [1.165, 1.54) is 18.2 Å². The van der Waals surface area contributed by atoms with Crippen molar-refractivity contribution in [2.75, 3.05) is 18.5 Å². The largest absolute Gasteiger partial charge is 0.492 e. The predicted octanol–water partition coefficient (Wildman–Crippen LogP) is 3.80. The fourth-order valence-electron chi connectivity index (χ4n) is 1.97. The van der Waals surface area contributed by atoms with Gasteiger partial charge in [0, 0.05) is 0 Å². The standard InChI is InChI=1S/C17H18F2N2O3/c1-12-5-4-6-13(11-12)23-10-9-20-17(22)21-14-7-2-3-8-15(14)24-16(18)19/h2-8,11,16H,9-10H2,1H3,(H2,20,21,22). The Kier molecular flexibility index (Phi) is 6.36. The highest BCUT2D eigenvalue weighted by atomic mass is 19.3. The number of urea groups is 1. The molecule has 2 rings (SSSR count).